The van der Waals surface area contributed by atoms with Crippen LogP contribution in [0.25, 0.3) is 10.9 Å². The Bertz CT molecular complexity index is 958. The topological polar surface area (TPSA) is 85.3 Å². The van der Waals surface area contributed by atoms with Crippen molar-refractivity contribution in [3.8, 4) is 5.75 Å². The van der Waals surface area contributed by atoms with E-state index < -0.39 is 5.82 Å². The lowest BCUT2D eigenvalue weighted by Crippen LogP contribution is -2.24. The number of guanidine groups is 1. The Hall–Kier alpha value is -2.45. The maximum absolute atomic E-state index is 13.7. The van der Waals surface area contributed by atoms with Gasteiger partial charge in [0, 0.05) is 28.4 Å². The lowest BCUT2D eigenvalue weighted by Gasteiger charge is -2.20. The third kappa shape index (κ3) is 2.55. The van der Waals surface area contributed by atoms with Crippen LogP contribution in [-0.4, -0.2) is 21.3 Å². The van der Waals surface area contributed by atoms with Gasteiger partial charge in [-0.1, -0.05) is 11.6 Å². The van der Waals surface area contributed by atoms with Crippen molar-refractivity contribution in [2.24, 2.45) is 4.40 Å². The first kappa shape index (κ1) is 14.2. The first-order chi connectivity index (χ1) is 11.1. The number of phenolic OH excluding ortho intramolecular Hbond substituents is 1. The third-order valence-corrected chi connectivity index (χ3v) is 4.31. The van der Waals surface area contributed by atoms with Gasteiger partial charge in [0.25, 0.3) is 0 Å². The van der Waals surface area contributed by atoms with Crippen molar-refractivity contribution < 1.29 is 9.50 Å². The van der Waals surface area contributed by atoms with E-state index in [0.717, 1.165) is 17.3 Å². The SMILES string of the molecule is Oc1cc(Cl)cc2c1NC(Nc1cc(F)cc3[nH]ncc13)=NS2. The summed E-state index contributed by atoms with van der Waals surface area (Å²) in [5, 5.41) is 23.7. The summed E-state index contributed by atoms with van der Waals surface area (Å²) < 4.78 is 17.9. The van der Waals surface area contributed by atoms with Crippen LogP contribution in [0.4, 0.5) is 15.8 Å². The molecule has 4 N–H and O–H groups in total. The number of hydrogen-bond acceptors (Lipinski definition) is 6. The van der Waals surface area contributed by atoms with Crippen LogP contribution in [0.5, 0.6) is 5.75 Å². The molecule has 9 heteroatoms. The van der Waals surface area contributed by atoms with Crippen molar-refractivity contribution in [2.45, 2.75) is 4.90 Å². The predicted octanol–water partition coefficient (Wildman–Crippen LogP) is 3.96. The number of hydrogen-bond donors (Lipinski definition) is 4. The quantitative estimate of drug-likeness (QED) is 0.394. The smallest absolute Gasteiger partial charge is 0.212 e. The molecule has 6 nitrogen and oxygen atoms in total. The molecule has 0 fully saturated rings. The van der Waals surface area contributed by atoms with Gasteiger partial charge in [-0.3, -0.25) is 5.10 Å². The molecule has 3 aromatic rings. The minimum Gasteiger partial charge on any atom is -0.506 e. The van der Waals surface area contributed by atoms with E-state index in [4.69, 9.17) is 11.6 Å². The largest absolute Gasteiger partial charge is 0.506 e. The Labute approximate surface area is 138 Å². The van der Waals surface area contributed by atoms with Crippen LogP contribution >= 0.6 is 23.5 Å². The molecular weight excluding hydrogens is 341 g/mol. The summed E-state index contributed by atoms with van der Waals surface area (Å²) in [5.74, 6) is -0.0153. The molecule has 0 unspecified atom stereocenters. The fourth-order valence-corrected chi connectivity index (χ4v) is 3.29. The highest BCUT2D eigenvalue weighted by molar-refractivity contribution is 7.98. The number of benzene rings is 2. The van der Waals surface area contributed by atoms with Crippen LogP contribution in [-0.2, 0) is 0 Å². The molecule has 116 valence electrons. The van der Waals surface area contributed by atoms with Crippen LogP contribution in [0.1, 0.15) is 0 Å². The number of fused-ring (bicyclic) bond motifs is 2. The van der Waals surface area contributed by atoms with Gasteiger partial charge in [0.2, 0.25) is 5.96 Å². The molecule has 0 aliphatic carbocycles. The number of nitrogens with zero attached hydrogens (tertiary/aromatic N) is 2. The highest BCUT2D eigenvalue weighted by Gasteiger charge is 2.18. The summed E-state index contributed by atoms with van der Waals surface area (Å²) in [6.07, 6.45) is 1.60. The number of phenols is 1. The second-order valence-corrected chi connectivity index (χ2v) is 6.11. The van der Waals surface area contributed by atoms with Gasteiger partial charge in [0.1, 0.15) is 11.6 Å². The zero-order valence-corrected chi connectivity index (χ0v) is 13.0. The van der Waals surface area contributed by atoms with Crippen molar-refractivity contribution >= 4 is 51.8 Å². The normalized spacial score (nSPS) is 13.4. The zero-order chi connectivity index (χ0) is 16.0. The Morgan fingerprint density at radius 2 is 2.13 bits per heavy atom. The number of aromatic amines is 1. The minimum absolute atomic E-state index is 0.0156. The first-order valence-corrected chi connectivity index (χ1v) is 7.69. The molecule has 1 aromatic heterocycles. The van der Waals surface area contributed by atoms with E-state index in [1.165, 1.54) is 18.2 Å². The molecule has 0 radical (unpaired) electrons. The summed E-state index contributed by atoms with van der Waals surface area (Å²) in [7, 11) is 0. The predicted molar refractivity (Wildman–Crippen MR) is 89.7 cm³/mol. The van der Waals surface area contributed by atoms with E-state index >= 15 is 0 Å². The zero-order valence-electron chi connectivity index (χ0n) is 11.4. The molecule has 23 heavy (non-hydrogen) atoms. The molecule has 0 spiro atoms. The number of H-pyrrole nitrogens is 1. The monoisotopic (exact) mass is 349 g/mol. The van der Waals surface area contributed by atoms with Crippen molar-refractivity contribution in [3.63, 3.8) is 0 Å². The van der Waals surface area contributed by atoms with E-state index in [-0.39, 0.29) is 5.75 Å². The van der Waals surface area contributed by atoms with Crippen LogP contribution in [0.15, 0.2) is 39.8 Å². The maximum atomic E-state index is 13.7. The summed E-state index contributed by atoms with van der Waals surface area (Å²) in [6.45, 7) is 0. The molecule has 0 amide bonds. The number of anilines is 2. The third-order valence-electron chi connectivity index (χ3n) is 3.30. The van der Waals surface area contributed by atoms with Gasteiger partial charge >= 0.3 is 0 Å². The number of aromatic hydroxyl groups is 1. The van der Waals surface area contributed by atoms with Gasteiger partial charge in [-0.25, -0.2) is 4.39 Å². The van der Waals surface area contributed by atoms with Gasteiger partial charge in [-0.2, -0.15) is 9.50 Å². The number of rotatable bonds is 1. The molecule has 0 saturated carbocycles. The molecule has 0 saturated heterocycles. The standard InChI is InChI=1S/C14H9ClFN5OS/c15-6-1-11(22)13-12(2-6)23-21-14(19-13)18-9-3-7(16)4-10-8(9)5-17-20-10/h1-5,22H,(H,17,20)(H2,18,19,21). The fraction of sp³-hybridized carbons (Fsp3) is 0. The van der Waals surface area contributed by atoms with E-state index in [9.17, 15) is 9.50 Å². The lowest BCUT2D eigenvalue weighted by atomic mass is 10.2. The maximum Gasteiger partial charge on any atom is 0.212 e. The Balaban J connectivity index is 1.67. The molecular formula is C14H9ClFN5OS. The van der Waals surface area contributed by atoms with Crippen molar-refractivity contribution in [1.29, 1.82) is 0 Å². The molecule has 1 aliphatic rings. The van der Waals surface area contributed by atoms with E-state index in [1.807, 2.05) is 0 Å². The lowest BCUT2D eigenvalue weighted by molar-refractivity contribution is 0.476. The van der Waals surface area contributed by atoms with Gasteiger partial charge in [0.15, 0.2) is 0 Å². The summed E-state index contributed by atoms with van der Waals surface area (Å²) in [6, 6.07) is 5.85. The summed E-state index contributed by atoms with van der Waals surface area (Å²) >= 11 is 7.06. The highest BCUT2D eigenvalue weighted by atomic mass is 35.5. The second-order valence-electron chi connectivity index (χ2n) is 4.86. The molecule has 4 rings (SSSR count). The molecule has 0 bridgehead atoms. The van der Waals surface area contributed by atoms with E-state index in [0.29, 0.717) is 32.8 Å². The number of aromatic nitrogens is 2. The molecule has 1 aliphatic heterocycles. The average molecular weight is 350 g/mol. The molecule has 0 atom stereocenters. The summed E-state index contributed by atoms with van der Waals surface area (Å²) in [4.78, 5) is 0.702. The Morgan fingerprint density at radius 1 is 1.26 bits per heavy atom. The summed E-state index contributed by atoms with van der Waals surface area (Å²) in [5.41, 5.74) is 1.58. The van der Waals surface area contributed by atoms with Gasteiger partial charge in [-0.05, 0) is 18.2 Å². The Kier molecular flexibility index (Phi) is 3.28. The fourth-order valence-electron chi connectivity index (χ4n) is 2.30. The first-order valence-electron chi connectivity index (χ1n) is 6.54. The van der Waals surface area contributed by atoms with Crippen LogP contribution in [0.2, 0.25) is 5.02 Å². The highest BCUT2D eigenvalue weighted by Crippen LogP contribution is 2.40. The van der Waals surface area contributed by atoms with E-state index in [1.54, 1.807) is 12.3 Å². The van der Waals surface area contributed by atoms with Crippen LogP contribution in [0, 0.1) is 5.82 Å². The Morgan fingerprint density at radius 3 is 3.00 bits per heavy atom. The minimum atomic E-state index is -0.400. The van der Waals surface area contributed by atoms with Crippen LogP contribution < -0.4 is 10.6 Å². The number of halogens is 2. The second kappa shape index (κ2) is 5.32. The van der Waals surface area contributed by atoms with Gasteiger partial charge < -0.3 is 15.7 Å². The van der Waals surface area contributed by atoms with Gasteiger partial charge in [-0.15, -0.1) is 0 Å². The van der Waals surface area contributed by atoms with Crippen molar-refractivity contribution in [2.75, 3.05) is 10.6 Å². The van der Waals surface area contributed by atoms with Gasteiger partial charge in [0.05, 0.1) is 28.0 Å². The number of nitrogens with one attached hydrogen (secondary N) is 3. The van der Waals surface area contributed by atoms with E-state index in [2.05, 4.69) is 25.2 Å². The van der Waals surface area contributed by atoms with Crippen LogP contribution in [0.3, 0.4) is 0 Å². The molecule has 2 heterocycles. The molecule has 2 aromatic carbocycles. The van der Waals surface area contributed by atoms with Crippen molar-refractivity contribution in [3.05, 3.63) is 41.3 Å². The average Bonchev–Trinajstić information content (AvgIpc) is 2.96. The van der Waals surface area contributed by atoms with Crippen molar-refractivity contribution in [1.82, 2.24) is 10.2 Å².